The quantitative estimate of drug-likeness (QED) is 0.500. The lowest BCUT2D eigenvalue weighted by Crippen LogP contribution is -2.49. The third-order valence-corrected chi connectivity index (χ3v) is 10.4. The molecule has 0 spiro atoms. The Morgan fingerprint density at radius 2 is 1.87 bits per heavy atom. The molecule has 172 valence electrons. The monoisotopic (exact) mass is 417 g/mol. The molecule has 3 unspecified atom stereocenters. The van der Waals surface area contributed by atoms with Crippen molar-refractivity contribution >= 4 is 5.97 Å². The first kappa shape index (κ1) is 22.6. The average molecular weight is 418 g/mol. The third-order valence-electron chi connectivity index (χ3n) is 10.4. The number of methoxy groups -OCH3 is 1. The van der Waals surface area contributed by atoms with Crippen LogP contribution in [0.5, 0.6) is 0 Å². The van der Waals surface area contributed by atoms with Crippen molar-refractivity contribution in [3.63, 3.8) is 0 Å². The maximum atomic E-state index is 11.3. The molecule has 0 heterocycles. The van der Waals surface area contributed by atoms with Crippen LogP contribution in [0.1, 0.15) is 97.8 Å². The molecule has 0 aromatic carbocycles. The van der Waals surface area contributed by atoms with Gasteiger partial charge in [-0.2, -0.15) is 0 Å². The molecule has 0 aliphatic heterocycles. The summed E-state index contributed by atoms with van der Waals surface area (Å²) in [4.78, 5) is 11.3. The Morgan fingerprint density at radius 1 is 1.07 bits per heavy atom. The first-order valence-electron chi connectivity index (χ1n) is 13.2. The minimum absolute atomic E-state index is 0.0766. The molecular weight excluding hydrogens is 370 g/mol. The maximum absolute atomic E-state index is 11.3. The fourth-order valence-corrected chi connectivity index (χ4v) is 8.63. The summed E-state index contributed by atoms with van der Waals surface area (Å²) in [5.74, 6) is 6.94. The maximum Gasteiger partial charge on any atom is 0.305 e. The molecule has 9 atom stereocenters. The standard InChI is InChI=1S/C27H47NO2/c1-18-8-11-22-20(16-18)9-12-24-23(22)14-15-27(3)21(10-13-25(24)27)17-28-19(2)6-5-7-26(29)30-4/h18-25,28H,5-17H2,1-4H3/t18-,19?,20+,21+,22-,23?,24+,25?,27+/m0/s1. The van der Waals surface area contributed by atoms with Gasteiger partial charge in [-0.25, -0.2) is 0 Å². The van der Waals surface area contributed by atoms with E-state index >= 15 is 0 Å². The Morgan fingerprint density at radius 3 is 2.67 bits per heavy atom. The molecule has 4 aliphatic rings. The lowest BCUT2D eigenvalue weighted by atomic mass is 9.49. The number of hydrogen-bond donors (Lipinski definition) is 1. The topological polar surface area (TPSA) is 38.3 Å². The van der Waals surface area contributed by atoms with Crippen LogP contribution in [0.4, 0.5) is 0 Å². The Balaban J connectivity index is 1.30. The fraction of sp³-hybridized carbons (Fsp3) is 0.963. The number of nitrogens with one attached hydrogen (secondary N) is 1. The molecule has 4 rings (SSSR count). The molecule has 4 aliphatic carbocycles. The molecule has 3 nitrogen and oxygen atoms in total. The van der Waals surface area contributed by atoms with E-state index in [9.17, 15) is 4.79 Å². The first-order valence-corrected chi connectivity index (χ1v) is 13.2. The van der Waals surface area contributed by atoms with Gasteiger partial charge in [0.15, 0.2) is 0 Å². The molecule has 4 fully saturated rings. The number of carbonyl (C=O) groups is 1. The number of fused-ring (bicyclic) bond motifs is 5. The summed E-state index contributed by atoms with van der Waals surface area (Å²) in [7, 11) is 1.48. The van der Waals surface area contributed by atoms with Crippen molar-refractivity contribution in [2.24, 2.45) is 46.8 Å². The molecule has 0 aromatic rings. The van der Waals surface area contributed by atoms with Gasteiger partial charge in [-0.05, 0) is 125 Å². The highest BCUT2D eigenvalue weighted by molar-refractivity contribution is 5.68. The number of rotatable bonds is 7. The molecule has 0 amide bonds. The van der Waals surface area contributed by atoms with Crippen LogP contribution < -0.4 is 5.32 Å². The van der Waals surface area contributed by atoms with Gasteiger partial charge < -0.3 is 10.1 Å². The van der Waals surface area contributed by atoms with Crippen LogP contribution in [-0.4, -0.2) is 25.7 Å². The SMILES string of the molecule is COC(=O)CCCC(C)NC[C@H]1CCC2[C@@H]3CC[C@@H]4C[C@@H](C)CC[C@@H]4C3CC[C@@]21C. The summed E-state index contributed by atoms with van der Waals surface area (Å²) in [5.41, 5.74) is 0.564. The van der Waals surface area contributed by atoms with Crippen LogP contribution in [-0.2, 0) is 9.53 Å². The van der Waals surface area contributed by atoms with Crippen molar-refractivity contribution in [3.05, 3.63) is 0 Å². The zero-order valence-electron chi connectivity index (χ0n) is 20.1. The van der Waals surface area contributed by atoms with Crippen molar-refractivity contribution < 1.29 is 9.53 Å². The van der Waals surface area contributed by atoms with Crippen LogP contribution in [0.2, 0.25) is 0 Å². The van der Waals surface area contributed by atoms with Gasteiger partial charge in [-0.1, -0.05) is 20.3 Å². The van der Waals surface area contributed by atoms with Crippen molar-refractivity contribution in [2.75, 3.05) is 13.7 Å². The predicted octanol–water partition coefficient (Wildman–Crippen LogP) is 6.21. The summed E-state index contributed by atoms with van der Waals surface area (Å²) in [6.07, 6.45) is 16.0. The largest absolute Gasteiger partial charge is 0.469 e. The van der Waals surface area contributed by atoms with Gasteiger partial charge in [-0.15, -0.1) is 0 Å². The van der Waals surface area contributed by atoms with E-state index in [0.717, 1.165) is 54.3 Å². The Bertz CT molecular complexity index is 591. The van der Waals surface area contributed by atoms with Gasteiger partial charge in [0.25, 0.3) is 0 Å². The molecule has 30 heavy (non-hydrogen) atoms. The fourth-order valence-electron chi connectivity index (χ4n) is 8.63. The molecule has 0 aromatic heterocycles. The smallest absolute Gasteiger partial charge is 0.305 e. The number of ether oxygens (including phenoxy) is 1. The van der Waals surface area contributed by atoms with Crippen molar-refractivity contribution in [1.82, 2.24) is 5.32 Å². The van der Waals surface area contributed by atoms with Crippen molar-refractivity contribution in [1.29, 1.82) is 0 Å². The van der Waals surface area contributed by atoms with E-state index in [4.69, 9.17) is 4.74 Å². The van der Waals surface area contributed by atoms with Crippen LogP contribution >= 0.6 is 0 Å². The van der Waals surface area contributed by atoms with Gasteiger partial charge in [0.1, 0.15) is 0 Å². The van der Waals surface area contributed by atoms with E-state index in [1.165, 1.54) is 71.4 Å². The first-order chi connectivity index (χ1) is 14.4. The van der Waals surface area contributed by atoms with E-state index in [0.29, 0.717) is 17.9 Å². The van der Waals surface area contributed by atoms with E-state index in [1.807, 2.05) is 0 Å². The zero-order chi connectivity index (χ0) is 21.3. The Hall–Kier alpha value is -0.570. The minimum atomic E-state index is -0.0766. The predicted molar refractivity (Wildman–Crippen MR) is 123 cm³/mol. The highest BCUT2D eigenvalue weighted by Crippen LogP contribution is 2.64. The van der Waals surface area contributed by atoms with Crippen molar-refractivity contribution in [2.45, 2.75) is 104 Å². The van der Waals surface area contributed by atoms with Crippen LogP contribution in [0.25, 0.3) is 0 Å². The van der Waals surface area contributed by atoms with Gasteiger partial charge in [0, 0.05) is 12.5 Å². The zero-order valence-corrected chi connectivity index (χ0v) is 20.1. The summed E-state index contributed by atoms with van der Waals surface area (Å²) in [6, 6.07) is 0.494. The summed E-state index contributed by atoms with van der Waals surface area (Å²) < 4.78 is 4.77. The minimum Gasteiger partial charge on any atom is -0.469 e. The van der Waals surface area contributed by atoms with Gasteiger partial charge >= 0.3 is 5.97 Å². The number of esters is 1. The highest BCUT2D eigenvalue weighted by atomic mass is 16.5. The number of carbonyl (C=O) groups excluding carboxylic acids is 1. The van der Waals surface area contributed by atoms with E-state index in [1.54, 1.807) is 0 Å². The summed E-state index contributed by atoms with van der Waals surface area (Å²) >= 11 is 0. The van der Waals surface area contributed by atoms with E-state index in [-0.39, 0.29) is 5.97 Å². The molecule has 0 bridgehead atoms. The molecule has 0 radical (unpaired) electrons. The Labute approximate surface area is 185 Å². The van der Waals surface area contributed by atoms with Gasteiger partial charge in [-0.3, -0.25) is 4.79 Å². The number of hydrogen-bond acceptors (Lipinski definition) is 3. The van der Waals surface area contributed by atoms with Gasteiger partial charge in [0.2, 0.25) is 0 Å². The molecule has 1 N–H and O–H groups in total. The van der Waals surface area contributed by atoms with E-state index in [2.05, 4.69) is 26.1 Å². The van der Waals surface area contributed by atoms with Crippen LogP contribution in [0.15, 0.2) is 0 Å². The van der Waals surface area contributed by atoms with Crippen LogP contribution in [0.3, 0.4) is 0 Å². The lowest BCUT2D eigenvalue weighted by molar-refractivity contribution is -0.140. The third kappa shape index (κ3) is 4.48. The van der Waals surface area contributed by atoms with Gasteiger partial charge in [0.05, 0.1) is 7.11 Å². The van der Waals surface area contributed by atoms with Crippen molar-refractivity contribution in [3.8, 4) is 0 Å². The summed E-state index contributed by atoms with van der Waals surface area (Å²) in [5, 5.41) is 3.84. The summed E-state index contributed by atoms with van der Waals surface area (Å²) in [6.45, 7) is 8.61. The molecule has 0 saturated heterocycles. The Kier molecular flexibility index (Phi) is 7.17. The highest BCUT2D eigenvalue weighted by Gasteiger charge is 2.56. The molecule has 4 saturated carbocycles. The average Bonchev–Trinajstić information content (AvgIpc) is 3.08. The second-order valence-electron chi connectivity index (χ2n) is 12.0. The van der Waals surface area contributed by atoms with Crippen LogP contribution in [0, 0.1) is 46.8 Å². The lowest BCUT2D eigenvalue weighted by Gasteiger charge is -2.56. The van der Waals surface area contributed by atoms with E-state index < -0.39 is 0 Å². The normalized spacial score (nSPS) is 43.9. The molecular formula is C27H47NO2. The second kappa shape index (κ2) is 9.51. The second-order valence-corrected chi connectivity index (χ2v) is 12.0. The molecule has 3 heteroatoms.